The third-order valence-electron chi connectivity index (χ3n) is 2.47. The van der Waals surface area contributed by atoms with Gasteiger partial charge < -0.3 is 20.3 Å². The number of aliphatic hydroxyl groups excluding tert-OH is 1. The molecule has 3 N–H and O–H groups in total. The van der Waals surface area contributed by atoms with Crippen LogP contribution in [0, 0.1) is 0 Å². The van der Waals surface area contributed by atoms with Crippen LogP contribution in [0.15, 0.2) is 18.2 Å². The standard InChI is InChI=1S/C11H11F6NO3/c1-20-7-4-5(21-11(15,16)17)2-3-6(7)8(18)9(19)10(12,13)14/h2-4,8-9,19H,18H2,1H3/t8-,9-/m1/s1. The van der Waals surface area contributed by atoms with Crippen LogP contribution in [0.4, 0.5) is 26.3 Å². The quantitative estimate of drug-likeness (QED) is 0.837. The number of halogens is 6. The highest BCUT2D eigenvalue weighted by molar-refractivity contribution is 5.43. The van der Waals surface area contributed by atoms with Crippen LogP contribution in [-0.4, -0.2) is 30.9 Å². The van der Waals surface area contributed by atoms with Crippen LogP contribution in [-0.2, 0) is 0 Å². The van der Waals surface area contributed by atoms with E-state index in [1.807, 2.05) is 0 Å². The fourth-order valence-electron chi connectivity index (χ4n) is 1.54. The van der Waals surface area contributed by atoms with Gasteiger partial charge in [0.05, 0.1) is 13.2 Å². The monoisotopic (exact) mass is 319 g/mol. The first-order valence-electron chi connectivity index (χ1n) is 5.39. The number of rotatable bonds is 4. The Morgan fingerprint density at radius 3 is 2.14 bits per heavy atom. The molecule has 1 aromatic carbocycles. The molecule has 0 saturated heterocycles. The zero-order valence-corrected chi connectivity index (χ0v) is 10.5. The normalized spacial score (nSPS) is 15.5. The Hall–Kier alpha value is -1.68. The number of ether oxygens (including phenoxy) is 2. The molecule has 0 fully saturated rings. The molecule has 120 valence electrons. The molecule has 0 spiro atoms. The van der Waals surface area contributed by atoms with Crippen LogP contribution in [0.5, 0.6) is 11.5 Å². The minimum absolute atomic E-state index is 0.308. The molecule has 0 bridgehead atoms. The highest BCUT2D eigenvalue weighted by Gasteiger charge is 2.43. The van der Waals surface area contributed by atoms with Crippen molar-refractivity contribution in [3.05, 3.63) is 23.8 Å². The Balaban J connectivity index is 3.09. The van der Waals surface area contributed by atoms with Crippen molar-refractivity contribution in [1.29, 1.82) is 0 Å². The lowest BCUT2D eigenvalue weighted by molar-refractivity contribution is -0.274. The number of aliphatic hydroxyl groups is 1. The average Bonchev–Trinajstić information content (AvgIpc) is 2.33. The molecule has 1 aromatic rings. The minimum Gasteiger partial charge on any atom is -0.496 e. The molecule has 0 aromatic heterocycles. The molecule has 0 unspecified atom stereocenters. The molecule has 0 aliphatic rings. The van der Waals surface area contributed by atoms with Crippen molar-refractivity contribution >= 4 is 0 Å². The molecule has 0 aliphatic heterocycles. The van der Waals surface area contributed by atoms with Gasteiger partial charge in [0, 0.05) is 11.6 Å². The largest absolute Gasteiger partial charge is 0.573 e. The maximum Gasteiger partial charge on any atom is 0.573 e. The number of methoxy groups -OCH3 is 1. The van der Waals surface area contributed by atoms with E-state index in [-0.39, 0.29) is 11.3 Å². The van der Waals surface area contributed by atoms with Crippen molar-refractivity contribution in [3.63, 3.8) is 0 Å². The second-order valence-corrected chi connectivity index (χ2v) is 3.96. The summed E-state index contributed by atoms with van der Waals surface area (Å²) in [6, 6.07) is 0.444. The molecule has 1 rings (SSSR count). The molecule has 0 saturated carbocycles. The van der Waals surface area contributed by atoms with E-state index in [9.17, 15) is 26.3 Å². The zero-order valence-electron chi connectivity index (χ0n) is 10.5. The van der Waals surface area contributed by atoms with Crippen molar-refractivity contribution in [2.45, 2.75) is 24.7 Å². The first kappa shape index (κ1) is 17.4. The summed E-state index contributed by atoms with van der Waals surface area (Å²) < 4.78 is 81.5. The van der Waals surface area contributed by atoms with Crippen LogP contribution in [0.3, 0.4) is 0 Å². The third-order valence-corrected chi connectivity index (χ3v) is 2.47. The Morgan fingerprint density at radius 2 is 1.71 bits per heavy atom. The Bertz CT molecular complexity index is 488. The highest BCUT2D eigenvalue weighted by atomic mass is 19.4. The van der Waals surface area contributed by atoms with Gasteiger partial charge in [-0.25, -0.2) is 0 Å². The van der Waals surface area contributed by atoms with Crippen molar-refractivity contribution in [2.75, 3.05) is 7.11 Å². The summed E-state index contributed by atoms with van der Waals surface area (Å²) in [7, 11) is 1.03. The lowest BCUT2D eigenvalue weighted by atomic mass is 10.0. The number of benzene rings is 1. The van der Waals surface area contributed by atoms with Crippen LogP contribution in [0.2, 0.25) is 0 Å². The Labute approximate surface area is 115 Å². The molecule has 0 heterocycles. The average molecular weight is 319 g/mol. The molecule has 21 heavy (non-hydrogen) atoms. The summed E-state index contributed by atoms with van der Waals surface area (Å²) in [6.07, 6.45) is -12.8. The number of hydrogen-bond donors (Lipinski definition) is 2. The Kier molecular flexibility index (Phi) is 4.95. The van der Waals surface area contributed by atoms with Crippen molar-refractivity contribution in [1.82, 2.24) is 0 Å². The second kappa shape index (κ2) is 5.98. The predicted octanol–water partition coefficient (Wildman–Crippen LogP) is 2.52. The van der Waals surface area contributed by atoms with Gasteiger partial charge in [0.25, 0.3) is 0 Å². The van der Waals surface area contributed by atoms with Gasteiger partial charge in [-0.1, -0.05) is 0 Å². The summed E-state index contributed by atoms with van der Waals surface area (Å²) >= 11 is 0. The second-order valence-electron chi connectivity index (χ2n) is 3.96. The van der Waals surface area contributed by atoms with Gasteiger partial charge in [0.2, 0.25) is 0 Å². The maximum atomic E-state index is 12.4. The van der Waals surface area contributed by atoms with Gasteiger partial charge in [-0.05, 0) is 12.1 Å². The fourth-order valence-corrected chi connectivity index (χ4v) is 1.54. The van der Waals surface area contributed by atoms with Crippen LogP contribution in [0.25, 0.3) is 0 Å². The molecule has 4 nitrogen and oxygen atoms in total. The highest BCUT2D eigenvalue weighted by Crippen LogP contribution is 2.36. The summed E-state index contributed by atoms with van der Waals surface area (Å²) in [6.45, 7) is 0. The van der Waals surface area contributed by atoms with Crippen molar-refractivity contribution in [3.8, 4) is 11.5 Å². The molecule has 0 amide bonds. The first-order chi connectivity index (χ1) is 9.45. The summed E-state index contributed by atoms with van der Waals surface area (Å²) in [4.78, 5) is 0. The van der Waals surface area contributed by atoms with E-state index in [1.54, 1.807) is 0 Å². The van der Waals surface area contributed by atoms with Crippen molar-refractivity contribution in [2.24, 2.45) is 5.73 Å². The summed E-state index contributed by atoms with van der Waals surface area (Å²) in [5.41, 5.74) is 4.96. The van der Waals surface area contributed by atoms with Crippen LogP contribution in [0.1, 0.15) is 11.6 Å². The van der Waals surface area contributed by atoms with Gasteiger partial charge >= 0.3 is 12.5 Å². The van der Waals surface area contributed by atoms with E-state index in [4.69, 9.17) is 10.8 Å². The third kappa shape index (κ3) is 4.67. The lowest BCUT2D eigenvalue weighted by Crippen LogP contribution is -2.39. The zero-order chi connectivity index (χ0) is 16.4. The van der Waals surface area contributed by atoms with E-state index in [0.29, 0.717) is 0 Å². The first-order valence-corrected chi connectivity index (χ1v) is 5.39. The van der Waals surface area contributed by atoms with Crippen molar-refractivity contribution < 1.29 is 40.9 Å². The number of alkyl halides is 6. The molecule has 10 heteroatoms. The van der Waals surface area contributed by atoms with Gasteiger partial charge in [-0.2, -0.15) is 13.2 Å². The van der Waals surface area contributed by atoms with Gasteiger partial charge in [-0.3, -0.25) is 0 Å². The molecule has 0 aliphatic carbocycles. The lowest BCUT2D eigenvalue weighted by Gasteiger charge is -2.23. The topological polar surface area (TPSA) is 64.7 Å². The molecule has 2 atom stereocenters. The van der Waals surface area contributed by atoms with Crippen LogP contribution >= 0.6 is 0 Å². The number of nitrogens with two attached hydrogens (primary N) is 1. The smallest absolute Gasteiger partial charge is 0.496 e. The predicted molar refractivity (Wildman–Crippen MR) is 58.7 cm³/mol. The van der Waals surface area contributed by atoms with E-state index < -0.39 is 30.4 Å². The maximum absolute atomic E-state index is 12.4. The molecule has 0 radical (unpaired) electrons. The van der Waals surface area contributed by atoms with E-state index in [1.165, 1.54) is 0 Å². The minimum atomic E-state index is -4.98. The van der Waals surface area contributed by atoms with E-state index in [0.717, 1.165) is 25.3 Å². The van der Waals surface area contributed by atoms with E-state index >= 15 is 0 Å². The van der Waals surface area contributed by atoms with Crippen LogP contribution < -0.4 is 15.2 Å². The summed E-state index contributed by atoms with van der Waals surface area (Å²) in [5, 5.41) is 9.07. The van der Waals surface area contributed by atoms with Gasteiger partial charge in [-0.15, -0.1) is 13.2 Å². The van der Waals surface area contributed by atoms with E-state index in [2.05, 4.69) is 9.47 Å². The Morgan fingerprint density at radius 1 is 1.14 bits per heavy atom. The van der Waals surface area contributed by atoms with Gasteiger partial charge in [0.15, 0.2) is 6.10 Å². The SMILES string of the molecule is COc1cc(OC(F)(F)F)ccc1[C@@H](N)[C@@H](O)C(F)(F)F. The summed E-state index contributed by atoms with van der Waals surface area (Å²) in [5.74, 6) is -1.05. The molecular formula is C11H11F6NO3. The van der Waals surface area contributed by atoms with Gasteiger partial charge in [0.1, 0.15) is 11.5 Å². The molecular weight excluding hydrogens is 308 g/mol. The fraction of sp³-hybridized carbons (Fsp3) is 0.455. The number of hydrogen-bond acceptors (Lipinski definition) is 4.